The summed E-state index contributed by atoms with van der Waals surface area (Å²) in [6, 6.07) is 11.5. The van der Waals surface area contributed by atoms with Crippen molar-refractivity contribution in [3.63, 3.8) is 0 Å². The number of amides is 1. The molecule has 208 valence electrons. The van der Waals surface area contributed by atoms with Crippen molar-refractivity contribution >= 4 is 21.4 Å². The van der Waals surface area contributed by atoms with Gasteiger partial charge < -0.3 is 14.6 Å². The second-order valence-corrected chi connectivity index (χ2v) is 11.4. The van der Waals surface area contributed by atoms with Crippen LogP contribution in [0, 0.1) is 6.92 Å². The summed E-state index contributed by atoms with van der Waals surface area (Å²) in [6.07, 6.45) is -3.59. The Bertz CT molecular complexity index is 1510. The van der Waals surface area contributed by atoms with E-state index in [-0.39, 0.29) is 22.7 Å². The summed E-state index contributed by atoms with van der Waals surface area (Å²) in [5, 5.41) is 0. The third-order valence-electron chi connectivity index (χ3n) is 6.50. The van der Waals surface area contributed by atoms with Gasteiger partial charge in [0.1, 0.15) is 5.56 Å². The predicted molar refractivity (Wildman–Crippen MR) is 139 cm³/mol. The van der Waals surface area contributed by atoms with Crippen molar-refractivity contribution in [1.29, 1.82) is 0 Å². The highest BCUT2D eigenvalue weighted by Crippen LogP contribution is 2.32. The summed E-state index contributed by atoms with van der Waals surface area (Å²) < 4.78 is 69.5. The molecule has 0 bridgehead atoms. The molecule has 0 spiro atoms. The number of pyridine rings is 1. The predicted octanol–water partition coefficient (Wildman–Crippen LogP) is 3.78. The summed E-state index contributed by atoms with van der Waals surface area (Å²) in [5.41, 5.74) is -0.119. The number of H-pyrrole nitrogens is 1. The van der Waals surface area contributed by atoms with Crippen molar-refractivity contribution in [2.45, 2.75) is 31.1 Å². The normalized spacial score (nSPS) is 14.8. The molecule has 0 aliphatic carbocycles. The second kappa shape index (κ2) is 11.3. The summed E-state index contributed by atoms with van der Waals surface area (Å²) >= 11 is 0. The molecule has 0 saturated carbocycles. The molecule has 1 amide bonds. The first-order valence-corrected chi connectivity index (χ1v) is 14.0. The first-order chi connectivity index (χ1) is 18.3. The molecule has 0 unspecified atom stereocenters. The van der Waals surface area contributed by atoms with Gasteiger partial charge in [-0.2, -0.15) is 13.2 Å². The molecule has 1 aliphatic heterocycles. The Kier molecular flexibility index (Phi) is 8.28. The number of alkyl halides is 3. The molecule has 4 rings (SSSR count). The number of ether oxygens (including phenoxy) is 1. The number of morpholine rings is 1. The zero-order chi connectivity index (χ0) is 28.4. The van der Waals surface area contributed by atoms with Gasteiger partial charge in [0.15, 0.2) is 9.84 Å². The number of hydrogen-bond donors (Lipinski definition) is 1. The number of benzene rings is 2. The standard InChI is InChI=1S/C27H28F3N3O5S/c1-18-20(17-32-10-12-38-13-11-32)14-24(25(34)31-18)26(35)33(22-5-3-4-21(15-22)27(28,29)30)16-19-6-8-23(9-7-19)39(2,36)37/h3-9,14-15H,10-13,16-17H2,1-2H3,(H,31,34). The first-order valence-electron chi connectivity index (χ1n) is 12.1. The third-order valence-corrected chi connectivity index (χ3v) is 7.62. The second-order valence-electron chi connectivity index (χ2n) is 9.41. The van der Waals surface area contributed by atoms with Crippen LogP contribution in [0.4, 0.5) is 18.9 Å². The molecule has 1 fully saturated rings. The quantitative estimate of drug-likeness (QED) is 0.470. The van der Waals surface area contributed by atoms with Crippen LogP contribution >= 0.6 is 0 Å². The Balaban J connectivity index is 1.74. The van der Waals surface area contributed by atoms with E-state index in [4.69, 9.17) is 4.74 Å². The van der Waals surface area contributed by atoms with Crippen molar-refractivity contribution in [3.05, 3.63) is 92.9 Å². The molecule has 39 heavy (non-hydrogen) atoms. The first kappa shape index (κ1) is 28.5. The average molecular weight is 564 g/mol. The van der Waals surface area contributed by atoms with E-state index in [1.807, 2.05) is 0 Å². The van der Waals surface area contributed by atoms with Crippen LogP contribution in [0.5, 0.6) is 0 Å². The number of hydrogen-bond acceptors (Lipinski definition) is 6. The molecule has 3 aromatic rings. The van der Waals surface area contributed by atoms with Crippen LogP contribution in [0.1, 0.15) is 32.7 Å². The van der Waals surface area contributed by atoms with E-state index in [2.05, 4.69) is 9.88 Å². The van der Waals surface area contributed by atoms with E-state index in [0.717, 1.165) is 23.3 Å². The largest absolute Gasteiger partial charge is 0.416 e. The minimum absolute atomic E-state index is 0.0586. The number of rotatable bonds is 7. The highest BCUT2D eigenvalue weighted by atomic mass is 32.2. The molecule has 1 aliphatic rings. The lowest BCUT2D eigenvalue weighted by atomic mass is 10.1. The Morgan fingerprint density at radius 1 is 1.08 bits per heavy atom. The van der Waals surface area contributed by atoms with Gasteiger partial charge in [0.05, 0.1) is 30.2 Å². The number of aromatic nitrogens is 1. The average Bonchev–Trinajstić information content (AvgIpc) is 2.88. The van der Waals surface area contributed by atoms with Crippen molar-refractivity contribution < 1.29 is 31.1 Å². The lowest BCUT2D eigenvalue weighted by molar-refractivity contribution is -0.137. The molecular formula is C27H28F3N3O5S. The van der Waals surface area contributed by atoms with E-state index in [0.29, 0.717) is 49.7 Å². The summed E-state index contributed by atoms with van der Waals surface area (Å²) in [5.74, 6) is -0.786. The van der Waals surface area contributed by atoms with Gasteiger partial charge in [0, 0.05) is 37.3 Å². The Morgan fingerprint density at radius 3 is 2.36 bits per heavy atom. The van der Waals surface area contributed by atoms with Gasteiger partial charge in [-0.1, -0.05) is 18.2 Å². The molecule has 0 atom stereocenters. The number of aryl methyl sites for hydroxylation is 1. The van der Waals surface area contributed by atoms with Gasteiger partial charge in [-0.3, -0.25) is 14.5 Å². The minimum Gasteiger partial charge on any atom is -0.379 e. The van der Waals surface area contributed by atoms with Crippen molar-refractivity contribution in [1.82, 2.24) is 9.88 Å². The number of carbonyl (C=O) groups excluding carboxylic acids is 1. The molecule has 1 saturated heterocycles. The van der Waals surface area contributed by atoms with E-state index < -0.39 is 33.0 Å². The highest BCUT2D eigenvalue weighted by molar-refractivity contribution is 7.90. The van der Waals surface area contributed by atoms with Gasteiger partial charge in [0.2, 0.25) is 0 Å². The van der Waals surface area contributed by atoms with Gasteiger partial charge >= 0.3 is 6.18 Å². The monoisotopic (exact) mass is 563 g/mol. The van der Waals surface area contributed by atoms with Gasteiger partial charge in [-0.05, 0) is 54.4 Å². The third kappa shape index (κ3) is 6.94. The van der Waals surface area contributed by atoms with E-state index in [1.165, 1.54) is 42.5 Å². The Labute approximate surface area is 223 Å². The molecular weight excluding hydrogens is 535 g/mol. The highest BCUT2D eigenvalue weighted by Gasteiger charge is 2.32. The zero-order valence-electron chi connectivity index (χ0n) is 21.4. The number of aromatic amines is 1. The van der Waals surface area contributed by atoms with Crippen LogP contribution in [0.15, 0.2) is 64.3 Å². The Hall–Kier alpha value is -3.48. The fraction of sp³-hybridized carbons (Fsp3) is 0.333. The molecule has 8 nitrogen and oxygen atoms in total. The molecule has 12 heteroatoms. The lowest BCUT2D eigenvalue weighted by Crippen LogP contribution is -2.37. The number of nitrogens with zero attached hydrogens (tertiary/aromatic N) is 2. The molecule has 2 aromatic carbocycles. The molecule has 0 radical (unpaired) electrons. The van der Waals surface area contributed by atoms with Crippen LogP contribution in [-0.2, 0) is 33.8 Å². The number of anilines is 1. The topological polar surface area (TPSA) is 99.8 Å². The van der Waals surface area contributed by atoms with E-state index in [1.54, 1.807) is 6.92 Å². The summed E-state index contributed by atoms with van der Waals surface area (Å²) in [7, 11) is -3.47. The SMILES string of the molecule is Cc1[nH]c(=O)c(C(=O)N(Cc2ccc(S(C)(=O)=O)cc2)c2cccc(C(F)(F)F)c2)cc1CN1CCOCC1. The maximum atomic E-state index is 13.8. The summed E-state index contributed by atoms with van der Waals surface area (Å²) in [4.78, 5) is 32.7. The van der Waals surface area contributed by atoms with E-state index in [9.17, 15) is 31.2 Å². The number of sulfone groups is 1. The maximum Gasteiger partial charge on any atom is 0.416 e. The van der Waals surface area contributed by atoms with Gasteiger partial charge in [-0.25, -0.2) is 8.42 Å². The molecule has 1 N–H and O–H groups in total. The minimum atomic E-state index is -4.64. The molecule has 1 aromatic heterocycles. The van der Waals surface area contributed by atoms with Crippen molar-refractivity contribution in [2.24, 2.45) is 0 Å². The zero-order valence-corrected chi connectivity index (χ0v) is 22.2. The van der Waals surface area contributed by atoms with Crippen LogP contribution in [0.2, 0.25) is 0 Å². The van der Waals surface area contributed by atoms with E-state index >= 15 is 0 Å². The van der Waals surface area contributed by atoms with Gasteiger partial charge in [-0.15, -0.1) is 0 Å². The van der Waals surface area contributed by atoms with Gasteiger partial charge in [0.25, 0.3) is 11.5 Å². The smallest absolute Gasteiger partial charge is 0.379 e. The number of halogens is 3. The maximum absolute atomic E-state index is 13.8. The van der Waals surface area contributed by atoms with Crippen LogP contribution in [0.25, 0.3) is 0 Å². The number of nitrogens with one attached hydrogen (secondary N) is 1. The lowest BCUT2D eigenvalue weighted by Gasteiger charge is -2.27. The molecule has 2 heterocycles. The Morgan fingerprint density at radius 2 is 1.74 bits per heavy atom. The van der Waals surface area contributed by atoms with Crippen LogP contribution in [-0.4, -0.2) is 56.8 Å². The number of carbonyl (C=O) groups is 1. The fourth-order valence-corrected chi connectivity index (χ4v) is 4.92. The summed E-state index contributed by atoms with van der Waals surface area (Å²) in [6.45, 7) is 4.48. The van der Waals surface area contributed by atoms with Crippen LogP contribution in [0.3, 0.4) is 0 Å². The van der Waals surface area contributed by atoms with Crippen LogP contribution < -0.4 is 10.5 Å². The fourth-order valence-electron chi connectivity index (χ4n) is 4.29. The van der Waals surface area contributed by atoms with Crippen molar-refractivity contribution in [2.75, 3.05) is 37.5 Å². The van der Waals surface area contributed by atoms with Crippen molar-refractivity contribution in [3.8, 4) is 0 Å².